The van der Waals surface area contributed by atoms with Crippen LogP contribution in [-0.4, -0.2) is 25.3 Å². The molecule has 1 atom stereocenters. The van der Waals surface area contributed by atoms with Crippen LogP contribution in [0, 0.1) is 0 Å². The van der Waals surface area contributed by atoms with Gasteiger partial charge >= 0.3 is 0 Å². The maximum Gasteiger partial charge on any atom is 0.0770 e. The van der Waals surface area contributed by atoms with Gasteiger partial charge in [-0.3, -0.25) is 0 Å². The number of nitrogens with zero attached hydrogens (tertiary/aromatic N) is 1. The van der Waals surface area contributed by atoms with Crippen molar-refractivity contribution in [3.63, 3.8) is 0 Å². The monoisotopic (exact) mass is 205 g/mol. The number of para-hydroxylation sites is 1. The van der Waals surface area contributed by atoms with Crippen molar-refractivity contribution in [2.24, 2.45) is 0 Å². The zero-order chi connectivity index (χ0) is 10.7. The Balaban J connectivity index is 1.93. The third-order valence-electron chi connectivity index (χ3n) is 2.73. The van der Waals surface area contributed by atoms with E-state index in [-0.39, 0.29) is 0 Å². The minimum absolute atomic E-state index is 0.339. The number of hydrogen-bond donors (Lipinski definition) is 0. The van der Waals surface area contributed by atoms with Crippen molar-refractivity contribution in [3.8, 4) is 0 Å². The van der Waals surface area contributed by atoms with Crippen LogP contribution in [0.5, 0.6) is 0 Å². The van der Waals surface area contributed by atoms with Crippen LogP contribution in [0.15, 0.2) is 30.3 Å². The van der Waals surface area contributed by atoms with Gasteiger partial charge in [0.2, 0.25) is 0 Å². The molecule has 1 aromatic carbocycles. The molecule has 1 aliphatic heterocycles. The molecule has 0 N–H and O–H groups in total. The molecule has 2 heteroatoms. The largest absolute Gasteiger partial charge is 0.374 e. The lowest BCUT2D eigenvalue weighted by Gasteiger charge is -2.19. The van der Waals surface area contributed by atoms with Gasteiger partial charge in [0.1, 0.15) is 0 Å². The van der Waals surface area contributed by atoms with Crippen LogP contribution in [0.1, 0.15) is 20.3 Å². The van der Waals surface area contributed by atoms with E-state index in [0.717, 1.165) is 19.5 Å². The van der Waals surface area contributed by atoms with Crippen LogP contribution in [-0.2, 0) is 4.74 Å². The third-order valence-corrected chi connectivity index (χ3v) is 2.73. The van der Waals surface area contributed by atoms with Crippen LogP contribution in [0.4, 0.5) is 5.69 Å². The molecule has 2 rings (SSSR count). The molecule has 0 aliphatic carbocycles. The van der Waals surface area contributed by atoms with E-state index < -0.39 is 0 Å². The van der Waals surface area contributed by atoms with Crippen molar-refractivity contribution in [3.05, 3.63) is 30.3 Å². The molecule has 1 aliphatic rings. The topological polar surface area (TPSA) is 12.5 Å². The molecule has 0 radical (unpaired) electrons. The van der Waals surface area contributed by atoms with Crippen LogP contribution in [0.25, 0.3) is 0 Å². The molecule has 2 nitrogen and oxygen atoms in total. The molecule has 0 aromatic heterocycles. The Morgan fingerprint density at radius 2 is 2.00 bits per heavy atom. The van der Waals surface area contributed by atoms with Gasteiger partial charge in [-0.1, -0.05) is 18.2 Å². The first-order valence-corrected chi connectivity index (χ1v) is 5.71. The van der Waals surface area contributed by atoms with E-state index in [0.29, 0.717) is 12.2 Å². The highest BCUT2D eigenvalue weighted by atomic mass is 16.5. The van der Waals surface area contributed by atoms with E-state index in [1.54, 1.807) is 0 Å². The second-order valence-corrected chi connectivity index (χ2v) is 4.38. The number of rotatable bonds is 3. The summed E-state index contributed by atoms with van der Waals surface area (Å²) in [5.41, 5.74) is 1.31. The van der Waals surface area contributed by atoms with Gasteiger partial charge in [-0.15, -0.1) is 0 Å². The predicted molar refractivity (Wildman–Crippen MR) is 63.3 cm³/mol. The lowest BCUT2D eigenvalue weighted by atomic mass is 10.3. The summed E-state index contributed by atoms with van der Waals surface area (Å²) in [5, 5.41) is 0. The SMILES string of the molecule is CC(C)OC1CCN(c2ccccc2)C1. The highest BCUT2D eigenvalue weighted by Gasteiger charge is 2.23. The van der Waals surface area contributed by atoms with E-state index in [1.807, 2.05) is 0 Å². The minimum atomic E-state index is 0.339. The number of benzene rings is 1. The smallest absolute Gasteiger partial charge is 0.0770 e. The first-order valence-electron chi connectivity index (χ1n) is 5.71. The quantitative estimate of drug-likeness (QED) is 0.752. The van der Waals surface area contributed by atoms with Crippen molar-refractivity contribution in [1.29, 1.82) is 0 Å². The maximum atomic E-state index is 5.82. The van der Waals surface area contributed by atoms with Crippen molar-refractivity contribution >= 4 is 5.69 Å². The second kappa shape index (κ2) is 4.67. The fraction of sp³-hybridized carbons (Fsp3) is 0.538. The molecule has 1 fully saturated rings. The molecule has 82 valence electrons. The summed E-state index contributed by atoms with van der Waals surface area (Å²) in [4.78, 5) is 2.40. The molecule has 1 heterocycles. The van der Waals surface area contributed by atoms with E-state index in [4.69, 9.17) is 4.74 Å². The van der Waals surface area contributed by atoms with E-state index in [2.05, 4.69) is 49.1 Å². The summed E-state index contributed by atoms with van der Waals surface area (Å²) in [6.07, 6.45) is 1.89. The fourth-order valence-electron chi connectivity index (χ4n) is 2.10. The van der Waals surface area contributed by atoms with E-state index >= 15 is 0 Å². The Labute approximate surface area is 91.9 Å². The molecular formula is C13H19NO. The van der Waals surface area contributed by atoms with Crippen molar-refractivity contribution < 1.29 is 4.74 Å². The van der Waals surface area contributed by atoms with Gasteiger partial charge in [0.15, 0.2) is 0 Å². The van der Waals surface area contributed by atoms with Crippen LogP contribution in [0.3, 0.4) is 0 Å². The summed E-state index contributed by atoms with van der Waals surface area (Å²) in [5.74, 6) is 0. The predicted octanol–water partition coefficient (Wildman–Crippen LogP) is 2.69. The third kappa shape index (κ3) is 2.72. The molecule has 0 saturated carbocycles. The average molecular weight is 205 g/mol. The number of ether oxygens (including phenoxy) is 1. The second-order valence-electron chi connectivity index (χ2n) is 4.38. The maximum absolute atomic E-state index is 5.82. The number of hydrogen-bond acceptors (Lipinski definition) is 2. The van der Waals surface area contributed by atoms with Crippen molar-refractivity contribution in [2.45, 2.75) is 32.5 Å². The Hall–Kier alpha value is -1.02. The van der Waals surface area contributed by atoms with E-state index in [9.17, 15) is 0 Å². The Morgan fingerprint density at radius 1 is 1.27 bits per heavy atom. The van der Waals surface area contributed by atoms with Gasteiger partial charge in [-0.25, -0.2) is 0 Å². The van der Waals surface area contributed by atoms with Gasteiger partial charge in [0.25, 0.3) is 0 Å². The minimum Gasteiger partial charge on any atom is -0.374 e. The Morgan fingerprint density at radius 3 is 2.67 bits per heavy atom. The summed E-state index contributed by atoms with van der Waals surface area (Å²) in [7, 11) is 0. The zero-order valence-electron chi connectivity index (χ0n) is 9.52. The van der Waals surface area contributed by atoms with Crippen LogP contribution in [0.2, 0.25) is 0 Å². The highest BCUT2D eigenvalue weighted by Crippen LogP contribution is 2.21. The lowest BCUT2D eigenvalue weighted by molar-refractivity contribution is 0.0211. The highest BCUT2D eigenvalue weighted by molar-refractivity contribution is 5.47. The first-order chi connectivity index (χ1) is 7.25. The molecule has 1 saturated heterocycles. The van der Waals surface area contributed by atoms with Gasteiger partial charge < -0.3 is 9.64 Å². The van der Waals surface area contributed by atoms with Gasteiger partial charge in [0.05, 0.1) is 12.2 Å². The first kappa shape index (κ1) is 10.5. The van der Waals surface area contributed by atoms with E-state index in [1.165, 1.54) is 5.69 Å². The standard InChI is InChI=1S/C13H19NO/c1-11(2)15-13-8-9-14(10-13)12-6-4-3-5-7-12/h3-7,11,13H,8-10H2,1-2H3. The Kier molecular flexibility index (Phi) is 3.27. The van der Waals surface area contributed by atoms with Crippen molar-refractivity contribution in [1.82, 2.24) is 0 Å². The van der Waals surface area contributed by atoms with Crippen LogP contribution < -0.4 is 4.90 Å². The lowest BCUT2D eigenvalue weighted by Crippen LogP contribution is -2.24. The van der Waals surface area contributed by atoms with Crippen LogP contribution >= 0.6 is 0 Å². The normalized spacial score (nSPS) is 21.3. The molecule has 1 aromatic rings. The van der Waals surface area contributed by atoms with Gasteiger partial charge in [-0.05, 0) is 32.4 Å². The molecule has 1 unspecified atom stereocenters. The average Bonchev–Trinajstić information content (AvgIpc) is 2.67. The Bertz CT molecular complexity index is 297. The summed E-state index contributed by atoms with van der Waals surface area (Å²) < 4.78 is 5.82. The number of anilines is 1. The summed E-state index contributed by atoms with van der Waals surface area (Å²) >= 11 is 0. The molecule has 0 spiro atoms. The molecule has 0 bridgehead atoms. The summed E-state index contributed by atoms with van der Waals surface area (Å²) in [6.45, 7) is 6.35. The van der Waals surface area contributed by atoms with Gasteiger partial charge in [0, 0.05) is 18.8 Å². The summed E-state index contributed by atoms with van der Waals surface area (Å²) in [6, 6.07) is 10.6. The molecule has 15 heavy (non-hydrogen) atoms. The molecular weight excluding hydrogens is 186 g/mol. The zero-order valence-corrected chi connectivity index (χ0v) is 9.52. The van der Waals surface area contributed by atoms with Crippen molar-refractivity contribution in [2.75, 3.05) is 18.0 Å². The molecule has 0 amide bonds. The van der Waals surface area contributed by atoms with Gasteiger partial charge in [-0.2, -0.15) is 0 Å². The fourth-order valence-corrected chi connectivity index (χ4v) is 2.10.